The molecule has 0 N–H and O–H groups in total. The van der Waals surface area contributed by atoms with Crippen molar-refractivity contribution in [1.29, 1.82) is 0 Å². The Morgan fingerprint density at radius 2 is 2.00 bits per heavy atom. The maximum atomic E-state index is 12.6. The largest absolute Gasteiger partial charge is 0.347 e. The predicted molar refractivity (Wildman–Crippen MR) is 112 cm³/mol. The normalized spacial score (nSPS) is 15.5. The summed E-state index contributed by atoms with van der Waals surface area (Å²) in [6.07, 6.45) is 0. The van der Waals surface area contributed by atoms with Crippen LogP contribution in [-0.4, -0.2) is 76.5 Å². The summed E-state index contributed by atoms with van der Waals surface area (Å²) in [5, 5.41) is 13.7. The number of hydrogen-bond acceptors (Lipinski definition) is 7. The average molecular weight is 409 g/mol. The average Bonchev–Trinajstić information content (AvgIpc) is 3.29. The summed E-state index contributed by atoms with van der Waals surface area (Å²) in [4.78, 5) is 19.0. The van der Waals surface area contributed by atoms with Gasteiger partial charge in [0.2, 0.25) is 11.9 Å². The first kappa shape index (κ1) is 20.2. The van der Waals surface area contributed by atoms with Crippen LogP contribution in [0.2, 0.25) is 0 Å². The molecule has 1 aliphatic heterocycles. The van der Waals surface area contributed by atoms with Crippen molar-refractivity contribution in [3.8, 4) is 0 Å². The molecule has 0 saturated carbocycles. The van der Waals surface area contributed by atoms with Crippen LogP contribution in [0, 0.1) is 0 Å². The van der Waals surface area contributed by atoms with Gasteiger partial charge in [0.1, 0.15) is 0 Å². The van der Waals surface area contributed by atoms with Crippen LogP contribution in [-0.2, 0) is 11.3 Å². The van der Waals surface area contributed by atoms with Gasteiger partial charge in [-0.1, -0.05) is 11.8 Å². The van der Waals surface area contributed by atoms with Gasteiger partial charge in [-0.05, 0) is 36.2 Å². The highest BCUT2D eigenvalue weighted by Gasteiger charge is 2.23. The van der Waals surface area contributed by atoms with Crippen molar-refractivity contribution >= 4 is 35.0 Å². The molecule has 0 atom stereocenters. The first-order chi connectivity index (χ1) is 13.0. The van der Waals surface area contributed by atoms with Gasteiger partial charge in [0.25, 0.3) is 0 Å². The van der Waals surface area contributed by atoms with E-state index in [1.54, 1.807) is 11.3 Å². The Balaban J connectivity index is 1.50. The first-order valence-electron chi connectivity index (χ1n) is 9.22. The maximum absolute atomic E-state index is 12.6. The SMILES string of the molecule is CC(C)n1c(SCC(=O)N2CCN(Cc3ccsc3)CC2)nnc1N(C)C. The second kappa shape index (κ2) is 9.07. The fourth-order valence-electron chi connectivity index (χ4n) is 3.14. The molecule has 1 aliphatic rings. The lowest BCUT2D eigenvalue weighted by atomic mass is 10.2. The lowest BCUT2D eigenvalue weighted by molar-refractivity contribution is -0.130. The van der Waals surface area contributed by atoms with Crippen molar-refractivity contribution in [3.63, 3.8) is 0 Å². The van der Waals surface area contributed by atoms with Gasteiger partial charge in [0.15, 0.2) is 5.16 Å². The third-order valence-electron chi connectivity index (χ3n) is 4.60. The van der Waals surface area contributed by atoms with Crippen LogP contribution in [0.1, 0.15) is 25.5 Å². The van der Waals surface area contributed by atoms with Gasteiger partial charge in [0.05, 0.1) is 5.75 Å². The molecule has 3 heterocycles. The van der Waals surface area contributed by atoms with Crippen LogP contribution in [0.25, 0.3) is 0 Å². The molecule has 1 amide bonds. The zero-order valence-electron chi connectivity index (χ0n) is 16.5. The number of thioether (sulfide) groups is 1. The molecule has 0 radical (unpaired) electrons. The Labute approximate surface area is 169 Å². The Morgan fingerprint density at radius 3 is 2.59 bits per heavy atom. The van der Waals surface area contributed by atoms with Crippen LogP contribution < -0.4 is 4.90 Å². The van der Waals surface area contributed by atoms with Crippen LogP contribution in [0.4, 0.5) is 5.95 Å². The summed E-state index contributed by atoms with van der Waals surface area (Å²) in [6.45, 7) is 8.64. The van der Waals surface area contributed by atoms with Gasteiger partial charge in [-0.15, -0.1) is 10.2 Å². The minimum atomic E-state index is 0.180. The molecule has 148 valence electrons. The molecule has 9 heteroatoms. The number of nitrogens with zero attached hydrogens (tertiary/aromatic N) is 6. The molecule has 3 rings (SSSR count). The minimum absolute atomic E-state index is 0.180. The van der Waals surface area contributed by atoms with Gasteiger partial charge in [-0.2, -0.15) is 11.3 Å². The molecule has 0 aromatic carbocycles. The quantitative estimate of drug-likeness (QED) is 0.656. The van der Waals surface area contributed by atoms with Gasteiger partial charge < -0.3 is 9.80 Å². The number of amides is 1. The molecule has 0 bridgehead atoms. The number of piperazine rings is 1. The molecule has 1 fully saturated rings. The van der Waals surface area contributed by atoms with Crippen molar-refractivity contribution in [2.45, 2.75) is 31.6 Å². The molecule has 2 aromatic rings. The number of aromatic nitrogens is 3. The first-order valence-corrected chi connectivity index (χ1v) is 11.1. The van der Waals surface area contributed by atoms with E-state index in [-0.39, 0.29) is 11.9 Å². The highest BCUT2D eigenvalue weighted by atomic mass is 32.2. The van der Waals surface area contributed by atoms with Crippen LogP contribution >= 0.6 is 23.1 Å². The second-order valence-corrected chi connectivity index (χ2v) is 8.94. The van der Waals surface area contributed by atoms with E-state index in [0.717, 1.165) is 43.8 Å². The fourth-order valence-corrected chi connectivity index (χ4v) is 4.76. The van der Waals surface area contributed by atoms with Crippen molar-refractivity contribution in [3.05, 3.63) is 22.4 Å². The summed E-state index contributed by atoms with van der Waals surface area (Å²) >= 11 is 3.21. The number of rotatable bonds is 7. The summed E-state index contributed by atoms with van der Waals surface area (Å²) in [6, 6.07) is 2.42. The molecule has 2 aromatic heterocycles. The molecule has 0 unspecified atom stereocenters. The van der Waals surface area contributed by atoms with Gasteiger partial charge in [-0.3, -0.25) is 14.3 Å². The summed E-state index contributed by atoms with van der Waals surface area (Å²) in [5.74, 6) is 1.41. The van der Waals surface area contributed by atoms with E-state index in [0.29, 0.717) is 5.75 Å². The van der Waals surface area contributed by atoms with E-state index >= 15 is 0 Å². The van der Waals surface area contributed by atoms with Crippen molar-refractivity contribution in [2.75, 3.05) is 50.9 Å². The lowest BCUT2D eigenvalue weighted by Crippen LogP contribution is -2.48. The monoisotopic (exact) mass is 408 g/mol. The number of hydrogen-bond donors (Lipinski definition) is 0. The standard InChI is InChI=1S/C18H28N6OS2/c1-14(2)24-17(21(3)4)19-20-18(24)27-13-16(25)23-8-6-22(7-9-23)11-15-5-10-26-12-15/h5,10,12,14H,6-9,11,13H2,1-4H3. The number of carbonyl (C=O) groups excluding carboxylic acids is 1. The smallest absolute Gasteiger partial charge is 0.233 e. The van der Waals surface area contributed by atoms with Gasteiger partial charge in [-0.25, -0.2) is 0 Å². The number of carbonyl (C=O) groups is 1. The summed E-state index contributed by atoms with van der Waals surface area (Å²) in [7, 11) is 3.91. The van der Waals surface area contributed by atoms with Crippen molar-refractivity contribution in [2.24, 2.45) is 0 Å². The molecule has 7 nitrogen and oxygen atoms in total. The molecular weight excluding hydrogens is 380 g/mol. The van der Waals surface area contributed by atoms with E-state index in [2.05, 4.69) is 50.3 Å². The van der Waals surface area contributed by atoms with Gasteiger partial charge in [0, 0.05) is 52.9 Å². The molecule has 0 spiro atoms. The Kier molecular flexibility index (Phi) is 6.78. The Bertz CT molecular complexity index is 735. The predicted octanol–water partition coefficient (Wildman–Crippen LogP) is 2.42. The second-order valence-electron chi connectivity index (χ2n) is 7.22. The highest BCUT2D eigenvalue weighted by molar-refractivity contribution is 7.99. The van der Waals surface area contributed by atoms with Crippen molar-refractivity contribution < 1.29 is 4.79 Å². The Hall–Kier alpha value is -1.58. The van der Waals surface area contributed by atoms with Crippen molar-refractivity contribution in [1.82, 2.24) is 24.6 Å². The maximum Gasteiger partial charge on any atom is 0.233 e. The third-order valence-corrected chi connectivity index (χ3v) is 6.26. The fraction of sp³-hybridized carbons (Fsp3) is 0.611. The van der Waals surface area contributed by atoms with Gasteiger partial charge >= 0.3 is 0 Å². The van der Waals surface area contributed by atoms with Crippen LogP contribution in [0.5, 0.6) is 0 Å². The van der Waals surface area contributed by atoms with E-state index in [4.69, 9.17) is 0 Å². The van der Waals surface area contributed by atoms with Crippen LogP contribution in [0.15, 0.2) is 22.0 Å². The highest BCUT2D eigenvalue weighted by Crippen LogP contribution is 2.25. The Morgan fingerprint density at radius 1 is 1.26 bits per heavy atom. The van der Waals surface area contributed by atoms with E-state index in [1.807, 2.05) is 23.9 Å². The van der Waals surface area contributed by atoms with Crippen LogP contribution in [0.3, 0.4) is 0 Å². The third kappa shape index (κ3) is 5.03. The molecule has 1 saturated heterocycles. The van der Waals surface area contributed by atoms with E-state index in [1.165, 1.54) is 17.3 Å². The lowest BCUT2D eigenvalue weighted by Gasteiger charge is -2.34. The molecule has 0 aliphatic carbocycles. The zero-order chi connectivity index (χ0) is 19.4. The van der Waals surface area contributed by atoms with E-state index in [9.17, 15) is 4.79 Å². The number of anilines is 1. The zero-order valence-corrected chi connectivity index (χ0v) is 18.1. The summed E-state index contributed by atoms with van der Waals surface area (Å²) < 4.78 is 2.08. The number of thiophene rings is 1. The summed E-state index contributed by atoms with van der Waals surface area (Å²) in [5.41, 5.74) is 1.36. The molecule has 27 heavy (non-hydrogen) atoms. The minimum Gasteiger partial charge on any atom is -0.347 e. The topological polar surface area (TPSA) is 57.5 Å². The van der Waals surface area contributed by atoms with E-state index < -0.39 is 0 Å². The molecular formula is C18H28N6OS2.